The predicted molar refractivity (Wildman–Crippen MR) is 52.9 cm³/mol. The van der Waals surface area contributed by atoms with Crippen molar-refractivity contribution >= 4 is 9.84 Å². The molecule has 2 heterocycles. The number of rotatable bonds is 2. The molecule has 0 spiro atoms. The average molecular weight is 231 g/mol. The van der Waals surface area contributed by atoms with Gasteiger partial charge >= 0.3 is 0 Å². The van der Waals surface area contributed by atoms with Crippen LogP contribution < -0.4 is 5.73 Å². The van der Waals surface area contributed by atoms with Crippen LogP contribution in [0.2, 0.25) is 0 Å². The van der Waals surface area contributed by atoms with Gasteiger partial charge < -0.3 is 10.3 Å². The van der Waals surface area contributed by atoms with Gasteiger partial charge in [0.2, 0.25) is 5.89 Å². The van der Waals surface area contributed by atoms with Gasteiger partial charge in [-0.3, -0.25) is 0 Å². The van der Waals surface area contributed by atoms with E-state index in [4.69, 9.17) is 10.3 Å². The van der Waals surface area contributed by atoms with Gasteiger partial charge in [0.1, 0.15) is 0 Å². The van der Waals surface area contributed by atoms with Gasteiger partial charge in [0, 0.05) is 5.92 Å². The fourth-order valence-electron chi connectivity index (χ4n) is 1.60. The second-order valence-electron chi connectivity index (χ2n) is 3.88. The molecule has 1 aromatic heterocycles. The molecule has 0 saturated carbocycles. The third kappa shape index (κ3) is 2.18. The first-order valence-electron chi connectivity index (χ1n) is 4.77. The van der Waals surface area contributed by atoms with Crippen LogP contribution in [0, 0.1) is 0 Å². The number of nitrogens with zero attached hydrogens (tertiary/aromatic N) is 2. The third-order valence-corrected chi connectivity index (χ3v) is 4.21. The number of hydrogen-bond donors (Lipinski definition) is 1. The Morgan fingerprint density at radius 3 is 2.80 bits per heavy atom. The standard InChI is InChI=1S/C8H13N3O3S/c1-5(9)8-10-7(11-14-8)6-2-3-15(12,13)4-6/h5-6H,2-4,9H2,1H3/t5-,6?/m0/s1. The lowest BCUT2D eigenvalue weighted by Gasteiger charge is -1.98. The molecule has 6 nitrogen and oxygen atoms in total. The topological polar surface area (TPSA) is 99.1 Å². The summed E-state index contributed by atoms with van der Waals surface area (Å²) in [5.74, 6) is 1.01. The molecule has 1 saturated heterocycles. The van der Waals surface area contributed by atoms with E-state index in [-0.39, 0.29) is 23.5 Å². The smallest absolute Gasteiger partial charge is 0.243 e. The molecule has 15 heavy (non-hydrogen) atoms. The summed E-state index contributed by atoms with van der Waals surface area (Å²) in [6, 6.07) is -0.315. The molecule has 7 heteroatoms. The molecular formula is C8H13N3O3S. The number of hydrogen-bond acceptors (Lipinski definition) is 6. The summed E-state index contributed by atoms with van der Waals surface area (Å²) >= 11 is 0. The second kappa shape index (κ2) is 3.57. The third-order valence-electron chi connectivity index (χ3n) is 2.44. The molecule has 84 valence electrons. The fraction of sp³-hybridized carbons (Fsp3) is 0.750. The van der Waals surface area contributed by atoms with Crippen LogP contribution in [-0.2, 0) is 9.84 Å². The van der Waals surface area contributed by atoms with Crippen LogP contribution in [-0.4, -0.2) is 30.1 Å². The SMILES string of the molecule is C[C@H](N)c1nc(C2CCS(=O)(=O)C2)no1. The summed E-state index contributed by atoms with van der Waals surface area (Å²) < 4.78 is 27.4. The van der Waals surface area contributed by atoms with Crippen molar-refractivity contribution in [1.29, 1.82) is 0 Å². The summed E-state index contributed by atoms with van der Waals surface area (Å²) in [5, 5.41) is 3.75. The van der Waals surface area contributed by atoms with Crippen LogP contribution >= 0.6 is 0 Å². The van der Waals surface area contributed by atoms with E-state index in [1.165, 1.54) is 0 Å². The highest BCUT2D eigenvalue weighted by Crippen LogP contribution is 2.27. The zero-order chi connectivity index (χ0) is 11.1. The summed E-state index contributed by atoms with van der Waals surface area (Å²) in [6.45, 7) is 1.74. The van der Waals surface area contributed by atoms with Crippen LogP contribution in [0.25, 0.3) is 0 Å². The van der Waals surface area contributed by atoms with Gasteiger partial charge in [0.25, 0.3) is 0 Å². The predicted octanol–water partition coefficient (Wildman–Crippen LogP) is -0.00860. The van der Waals surface area contributed by atoms with E-state index in [0.29, 0.717) is 18.1 Å². The first kappa shape index (κ1) is 10.6. The van der Waals surface area contributed by atoms with E-state index in [2.05, 4.69) is 10.1 Å². The van der Waals surface area contributed by atoms with E-state index in [0.717, 1.165) is 0 Å². The van der Waals surface area contributed by atoms with E-state index >= 15 is 0 Å². The van der Waals surface area contributed by atoms with Gasteiger partial charge in [-0.2, -0.15) is 4.98 Å². The van der Waals surface area contributed by atoms with Crippen LogP contribution in [0.4, 0.5) is 0 Å². The molecular weight excluding hydrogens is 218 g/mol. The van der Waals surface area contributed by atoms with Crippen molar-refractivity contribution in [2.75, 3.05) is 11.5 Å². The van der Waals surface area contributed by atoms with Crippen molar-refractivity contribution in [2.24, 2.45) is 5.73 Å². The first-order chi connectivity index (χ1) is 6.98. The Hall–Kier alpha value is -0.950. The lowest BCUT2D eigenvalue weighted by atomic mass is 10.1. The van der Waals surface area contributed by atoms with Crippen molar-refractivity contribution in [2.45, 2.75) is 25.3 Å². The molecule has 2 rings (SSSR count). The molecule has 1 fully saturated rings. The minimum absolute atomic E-state index is 0.116. The molecule has 2 atom stereocenters. The highest BCUT2D eigenvalue weighted by molar-refractivity contribution is 7.91. The van der Waals surface area contributed by atoms with Gasteiger partial charge in [-0.25, -0.2) is 8.42 Å². The summed E-state index contributed by atoms with van der Waals surface area (Å²) in [5.41, 5.74) is 5.56. The Balaban J connectivity index is 2.17. The van der Waals surface area contributed by atoms with Gasteiger partial charge in [0.15, 0.2) is 15.7 Å². The molecule has 0 aromatic carbocycles. The van der Waals surface area contributed by atoms with Crippen molar-refractivity contribution in [3.8, 4) is 0 Å². The molecule has 1 aromatic rings. The molecule has 1 aliphatic heterocycles. The van der Waals surface area contributed by atoms with Crippen LogP contribution in [0.15, 0.2) is 4.52 Å². The van der Waals surface area contributed by atoms with Crippen LogP contribution in [0.5, 0.6) is 0 Å². The molecule has 0 amide bonds. The monoisotopic (exact) mass is 231 g/mol. The number of nitrogens with two attached hydrogens (primary N) is 1. The Kier molecular flexibility index (Phi) is 2.51. The molecule has 1 aliphatic rings. The average Bonchev–Trinajstić information content (AvgIpc) is 2.70. The molecule has 0 aliphatic carbocycles. The van der Waals surface area contributed by atoms with Crippen molar-refractivity contribution in [3.05, 3.63) is 11.7 Å². The second-order valence-corrected chi connectivity index (χ2v) is 6.11. The van der Waals surface area contributed by atoms with Crippen LogP contribution in [0.1, 0.15) is 37.0 Å². The fourth-order valence-corrected chi connectivity index (χ4v) is 3.34. The Bertz CT molecular complexity index is 451. The van der Waals surface area contributed by atoms with E-state index in [9.17, 15) is 8.42 Å². The highest BCUT2D eigenvalue weighted by Gasteiger charge is 2.32. The summed E-state index contributed by atoms with van der Waals surface area (Å²) in [4.78, 5) is 4.09. The number of aromatic nitrogens is 2. The van der Waals surface area contributed by atoms with Crippen LogP contribution in [0.3, 0.4) is 0 Å². The zero-order valence-electron chi connectivity index (χ0n) is 8.38. The highest BCUT2D eigenvalue weighted by atomic mass is 32.2. The molecule has 2 N–H and O–H groups in total. The lowest BCUT2D eigenvalue weighted by Crippen LogP contribution is -2.07. The van der Waals surface area contributed by atoms with E-state index in [1.807, 2.05) is 0 Å². The minimum Gasteiger partial charge on any atom is -0.338 e. The largest absolute Gasteiger partial charge is 0.338 e. The van der Waals surface area contributed by atoms with E-state index < -0.39 is 9.84 Å². The Morgan fingerprint density at radius 2 is 2.33 bits per heavy atom. The maximum absolute atomic E-state index is 11.2. The summed E-state index contributed by atoms with van der Waals surface area (Å²) in [6.07, 6.45) is 0.570. The van der Waals surface area contributed by atoms with Crippen molar-refractivity contribution < 1.29 is 12.9 Å². The van der Waals surface area contributed by atoms with Crippen molar-refractivity contribution in [1.82, 2.24) is 10.1 Å². The van der Waals surface area contributed by atoms with Gasteiger partial charge in [-0.15, -0.1) is 0 Å². The normalized spacial score (nSPS) is 26.7. The van der Waals surface area contributed by atoms with Gasteiger partial charge in [0.05, 0.1) is 17.5 Å². The Morgan fingerprint density at radius 1 is 1.60 bits per heavy atom. The Labute approximate surface area is 87.8 Å². The van der Waals surface area contributed by atoms with Crippen molar-refractivity contribution in [3.63, 3.8) is 0 Å². The zero-order valence-corrected chi connectivity index (χ0v) is 9.20. The van der Waals surface area contributed by atoms with Gasteiger partial charge in [-0.1, -0.05) is 5.16 Å². The molecule has 0 bridgehead atoms. The maximum Gasteiger partial charge on any atom is 0.243 e. The summed E-state index contributed by atoms with van der Waals surface area (Å²) in [7, 11) is -2.91. The lowest BCUT2D eigenvalue weighted by molar-refractivity contribution is 0.355. The minimum atomic E-state index is -2.91. The molecule has 0 radical (unpaired) electrons. The number of sulfone groups is 1. The quantitative estimate of drug-likeness (QED) is 0.768. The van der Waals surface area contributed by atoms with E-state index in [1.54, 1.807) is 6.92 Å². The van der Waals surface area contributed by atoms with Gasteiger partial charge in [-0.05, 0) is 13.3 Å². The maximum atomic E-state index is 11.2. The first-order valence-corrected chi connectivity index (χ1v) is 6.59. The molecule has 1 unspecified atom stereocenters.